The van der Waals surface area contributed by atoms with Crippen molar-refractivity contribution in [3.63, 3.8) is 0 Å². The molecule has 23 heavy (non-hydrogen) atoms. The molecular weight excluding hydrogens is 294 g/mol. The number of nitrogens with zero attached hydrogens (tertiary/aromatic N) is 1. The molecule has 1 fully saturated rings. The number of hydrogen-bond donors (Lipinski definition) is 0. The van der Waals surface area contributed by atoms with Gasteiger partial charge in [-0.2, -0.15) is 0 Å². The molecule has 0 aromatic rings. The normalized spacial score (nSPS) is 18.0. The maximum Gasteiger partial charge on any atom is 0.409 e. The van der Waals surface area contributed by atoms with E-state index in [2.05, 4.69) is 13.8 Å². The van der Waals surface area contributed by atoms with E-state index in [4.69, 9.17) is 9.47 Å². The fourth-order valence-corrected chi connectivity index (χ4v) is 3.00. The minimum Gasteiger partial charge on any atom is -0.462 e. The predicted molar refractivity (Wildman–Crippen MR) is 90.1 cm³/mol. The van der Waals surface area contributed by atoms with Gasteiger partial charge in [-0.3, -0.25) is 4.79 Å². The Morgan fingerprint density at radius 2 is 1.57 bits per heavy atom. The SMILES string of the molecule is CC(C)CC(C)(C(=O)OCCOC(=O)N1CCCCC1)C(C)C. The summed E-state index contributed by atoms with van der Waals surface area (Å²) in [4.78, 5) is 26.0. The summed E-state index contributed by atoms with van der Waals surface area (Å²) in [7, 11) is 0. The largest absolute Gasteiger partial charge is 0.462 e. The fourth-order valence-electron chi connectivity index (χ4n) is 3.00. The van der Waals surface area contributed by atoms with E-state index in [1.807, 2.05) is 20.8 Å². The van der Waals surface area contributed by atoms with E-state index in [9.17, 15) is 9.59 Å². The number of carbonyl (C=O) groups is 2. The Morgan fingerprint density at radius 3 is 2.09 bits per heavy atom. The van der Waals surface area contributed by atoms with Crippen LogP contribution in [0.3, 0.4) is 0 Å². The lowest BCUT2D eigenvalue weighted by Crippen LogP contribution is -2.38. The van der Waals surface area contributed by atoms with Crippen LogP contribution >= 0.6 is 0 Å². The minimum atomic E-state index is -0.495. The molecule has 1 aliphatic rings. The topological polar surface area (TPSA) is 55.8 Å². The second kappa shape index (κ2) is 9.14. The molecule has 0 saturated carbocycles. The lowest BCUT2D eigenvalue weighted by molar-refractivity contribution is -0.160. The molecule has 1 heterocycles. The summed E-state index contributed by atoms with van der Waals surface area (Å²) in [5.41, 5.74) is -0.495. The number of amides is 1. The maximum atomic E-state index is 12.4. The number of piperidine rings is 1. The fraction of sp³-hybridized carbons (Fsp3) is 0.889. The summed E-state index contributed by atoms with van der Waals surface area (Å²) in [6, 6.07) is 0. The average molecular weight is 327 g/mol. The van der Waals surface area contributed by atoms with E-state index < -0.39 is 5.41 Å². The lowest BCUT2D eigenvalue weighted by atomic mass is 9.73. The van der Waals surface area contributed by atoms with Crippen LogP contribution in [0.4, 0.5) is 4.79 Å². The Morgan fingerprint density at radius 1 is 1.00 bits per heavy atom. The van der Waals surface area contributed by atoms with Crippen LogP contribution in [-0.4, -0.2) is 43.3 Å². The molecule has 0 aromatic heterocycles. The molecule has 1 atom stereocenters. The van der Waals surface area contributed by atoms with Gasteiger partial charge in [-0.05, 0) is 44.4 Å². The Labute approximate surface area is 140 Å². The molecule has 1 aliphatic heterocycles. The molecule has 5 nitrogen and oxygen atoms in total. The highest BCUT2D eigenvalue weighted by Crippen LogP contribution is 2.35. The summed E-state index contributed by atoms with van der Waals surface area (Å²) in [6.45, 7) is 12.0. The monoisotopic (exact) mass is 327 g/mol. The minimum absolute atomic E-state index is 0.122. The van der Waals surface area contributed by atoms with Gasteiger partial charge in [-0.25, -0.2) is 4.79 Å². The van der Waals surface area contributed by atoms with Gasteiger partial charge in [0.15, 0.2) is 0 Å². The number of ether oxygens (including phenoxy) is 2. The highest BCUT2D eigenvalue weighted by Gasteiger charge is 2.38. The number of likely N-dealkylation sites (tertiary alicyclic amines) is 1. The summed E-state index contributed by atoms with van der Waals surface area (Å²) >= 11 is 0. The molecule has 134 valence electrons. The van der Waals surface area contributed by atoms with Crippen molar-refractivity contribution in [3.8, 4) is 0 Å². The molecule has 5 heteroatoms. The van der Waals surface area contributed by atoms with Crippen LogP contribution in [0, 0.1) is 17.3 Å². The molecule has 0 bridgehead atoms. The van der Waals surface area contributed by atoms with Crippen molar-refractivity contribution >= 4 is 12.1 Å². The zero-order valence-electron chi connectivity index (χ0n) is 15.4. The third-order valence-corrected chi connectivity index (χ3v) is 4.73. The van der Waals surface area contributed by atoms with Gasteiger partial charge >= 0.3 is 12.1 Å². The van der Waals surface area contributed by atoms with Gasteiger partial charge in [0.1, 0.15) is 13.2 Å². The number of esters is 1. The molecule has 1 saturated heterocycles. The molecule has 0 N–H and O–H groups in total. The van der Waals surface area contributed by atoms with Crippen LogP contribution in [0.1, 0.15) is 60.3 Å². The number of hydrogen-bond acceptors (Lipinski definition) is 4. The molecule has 1 unspecified atom stereocenters. The van der Waals surface area contributed by atoms with Gasteiger partial charge in [0.25, 0.3) is 0 Å². The van der Waals surface area contributed by atoms with Crippen LogP contribution in [-0.2, 0) is 14.3 Å². The summed E-state index contributed by atoms with van der Waals surface area (Å²) in [5.74, 6) is 0.426. The Hall–Kier alpha value is -1.26. The standard InChI is InChI=1S/C18H33NO4/c1-14(2)13-18(5,15(3)4)16(20)22-11-12-23-17(21)19-9-7-6-8-10-19/h14-15H,6-13H2,1-5H3. The van der Waals surface area contributed by atoms with Crippen LogP contribution < -0.4 is 0 Å². The number of carbonyl (C=O) groups excluding carboxylic acids is 2. The van der Waals surface area contributed by atoms with Crippen LogP contribution in [0.5, 0.6) is 0 Å². The zero-order valence-corrected chi connectivity index (χ0v) is 15.4. The molecule has 0 spiro atoms. The van der Waals surface area contributed by atoms with Gasteiger partial charge in [0.05, 0.1) is 5.41 Å². The first kappa shape index (κ1) is 19.8. The van der Waals surface area contributed by atoms with Crippen molar-refractivity contribution in [2.75, 3.05) is 26.3 Å². The first-order chi connectivity index (χ1) is 10.8. The maximum absolute atomic E-state index is 12.4. The highest BCUT2D eigenvalue weighted by molar-refractivity contribution is 5.76. The van der Waals surface area contributed by atoms with Crippen molar-refractivity contribution in [2.24, 2.45) is 17.3 Å². The van der Waals surface area contributed by atoms with E-state index in [0.29, 0.717) is 5.92 Å². The first-order valence-corrected chi connectivity index (χ1v) is 8.86. The van der Waals surface area contributed by atoms with Crippen molar-refractivity contribution in [1.82, 2.24) is 4.90 Å². The van der Waals surface area contributed by atoms with E-state index in [-0.39, 0.29) is 31.2 Å². The zero-order chi connectivity index (χ0) is 17.5. The highest BCUT2D eigenvalue weighted by atomic mass is 16.6. The average Bonchev–Trinajstić information content (AvgIpc) is 2.50. The molecule has 1 rings (SSSR count). The first-order valence-electron chi connectivity index (χ1n) is 8.86. The van der Waals surface area contributed by atoms with E-state index in [1.54, 1.807) is 4.90 Å². The van der Waals surface area contributed by atoms with Crippen molar-refractivity contribution in [1.29, 1.82) is 0 Å². The van der Waals surface area contributed by atoms with Gasteiger partial charge in [-0.1, -0.05) is 27.7 Å². The third kappa shape index (κ3) is 6.04. The lowest BCUT2D eigenvalue weighted by Gasteiger charge is -2.33. The van der Waals surface area contributed by atoms with E-state index >= 15 is 0 Å². The summed E-state index contributed by atoms with van der Waals surface area (Å²) < 4.78 is 10.6. The van der Waals surface area contributed by atoms with E-state index in [0.717, 1.165) is 32.4 Å². The molecular formula is C18H33NO4. The van der Waals surface area contributed by atoms with Crippen LogP contribution in [0.25, 0.3) is 0 Å². The van der Waals surface area contributed by atoms with Gasteiger partial charge < -0.3 is 14.4 Å². The number of rotatable bonds is 7. The van der Waals surface area contributed by atoms with Gasteiger partial charge in [-0.15, -0.1) is 0 Å². The van der Waals surface area contributed by atoms with Crippen LogP contribution in [0.15, 0.2) is 0 Å². The third-order valence-electron chi connectivity index (χ3n) is 4.73. The molecule has 0 aliphatic carbocycles. The Bertz CT molecular complexity index is 388. The smallest absolute Gasteiger partial charge is 0.409 e. The quantitative estimate of drug-likeness (QED) is 0.526. The van der Waals surface area contributed by atoms with Gasteiger partial charge in [0.2, 0.25) is 0 Å². The molecule has 0 radical (unpaired) electrons. The molecule has 0 aromatic carbocycles. The summed E-state index contributed by atoms with van der Waals surface area (Å²) in [6.07, 6.45) is 3.73. The van der Waals surface area contributed by atoms with Crippen molar-refractivity contribution in [3.05, 3.63) is 0 Å². The predicted octanol–water partition coefficient (Wildman–Crippen LogP) is 3.86. The Kier molecular flexibility index (Phi) is 7.86. The van der Waals surface area contributed by atoms with E-state index in [1.165, 1.54) is 6.42 Å². The van der Waals surface area contributed by atoms with Crippen LogP contribution in [0.2, 0.25) is 0 Å². The van der Waals surface area contributed by atoms with Gasteiger partial charge in [0, 0.05) is 13.1 Å². The second-order valence-electron chi connectivity index (χ2n) is 7.47. The Balaban J connectivity index is 2.35. The summed E-state index contributed by atoms with van der Waals surface area (Å²) in [5, 5.41) is 0. The van der Waals surface area contributed by atoms with Crippen molar-refractivity contribution < 1.29 is 19.1 Å². The van der Waals surface area contributed by atoms with Crippen molar-refractivity contribution in [2.45, 2.75) is 60.3 Å². The second-order valence-corrected chi connectivity index (χ2v) is 7.47. The molecule has 1 amide bonds.